The van der Waals surface area contributed by atoms with E-state index in [1.54, 1.807) is 6.07 Å². The van der Waals surface area contributed by atoms with Gasteiger partial charge in [-0.05, 0) is 32.0 Å². The molecule has 0 aliphatic carbocycles. The normalized spacial score (nSPS) is 22.2. The minimum atomic E-state index is -3.36. The monoisotopic (exact) mass is 290 g/mol. The number of hydrogen-bond donors (Lipinski definition) is 1. The van der Waals surface area contributed by atoms with E-state index in [9.17, 15) is 8.42 Å². The van der Waals surface area contributed by atoms with E-state index < -0.39 is 10.0 Å². The third kappa shape index (κ3) is 2.92. The summed E-state index contributed by atoms with van der Waals surface area (Å²) in [6.45, 7) is 3.73. The van der Waals surface area contributed by atoms with Gasteiger partial charge in [0.25, 0.3) is 10.0 Å². The Labute approximate surface area is 112 Å². The number of nitrogens with two attached hydrogens (primary N) is 1. The van der Waals surface area contributed by atoms with Crippen LogP contribution >= 0.6 is 11.3 Å². The summed E-state index contributed by atoms with van der Waals surface area (Å²) in [7, 11) is -3.36. The van der Waals surface area contributed by atoms with Crippen LogP contribution < -0.4 is 5.73 Å². The average Bonchev–Trinajstić information content (AvgIpc) is 2.79. The van der Waals surface area contributed by atoms with Crippen LogP contribution in [0.3, 0.4) is 0 Å². The molecule has 1 aromatic heterocycles. The number of morpholine rings is 1. The Morgan fingerprint density at radius 1 is 1.56 bits per heavy atom. The zero-order chi connectivity index (χ0) is 13.2. The van der Waals surface area contributed by atoms with E-state index in [0.717, 1.165) is 11.3 Å². The second kappa shape index (κ2) is 5.66. The van der Waals surface area contributed by atoms with Crippen molar-refractivity contribution in [1.82, 2.24) is 4.31 Å². The molecule has 1 aromatic rings. The number of rotatable bonds is 4. The fraction of sp³-hybridized carbons (Fsp3) is 0.636. The number of ether oxygens (including phenoxy) is 1. The second-order valence-electron chi connectivity index (χ2n) is 4.30. The van der Waals surface area contributed by atoms with E-state index in [1.165, 1.54) is 15.6 Å². The van der Waals surface area contributed by atoms with Crippen molar-refractivity contribution in [2.24, 2.45) is 5.73 Å². The number of nitrogens with zero attached hydrogens (tertiary/aromatic N) is 1. The smallest absolute Gasteiger partial charge is 0.252 e. The van der Waals surface area contributed by atoms with Crippen molar-refractivity contribution in [1.29, 1.82) is 0 Å². The molecular weight excluding hydrogens is 272 g/mol. The molecule has 1 unspecified atom stereocenters. The number of thiophene rings is 1. The largest absolute Gasteiger partial charge is 0.376 e. The van der Waals surface area contributed by atoms with Gasteiger partial charge >= 0.3 is 0 Å². The van der Waals surface area contributed by atoms with Crippen LogP contribution in [0.1, 0.15) is 11.8 Å². The molecule has 0 saturated carbocycles. The molecule has 2 N–H and O–H groups in total. The van der Waals surface area contributed by atoms with Gasteiger partial charge in [0.05, 0.1) is 12.7 Å². The standard InChI is InChI=1S/C11H18N2O3S2/c1-9-8-13(6-7-16-9)18(14,15)11-3-2-10(17-11)4-5-12/h2-3,9H,4-8,12H2,1H3. The van der Waals surface area contributed by atoms with Gasteiger partial charge in [-0.15, -0.1) is 11.3 Å². The van der Waals surface area contributed by atoms with Gasteiger partial charge in [-0.25, -0.2) is 8.42 Å². The summed E-state index contributed by atoms with van der Waals surface area (Å²) in [6, 6.07) is 3.51. The summed E-state index contributed by atoms with van der Waals surface area (Å²) >= 11 is 1.31. The first kappa shape index (κ1) is 14.0. The molecule has 0 spiro atoms. The average molecular weight is 290 g/mol. The van der Waals surface area contributed by atoms with Crippen LogP contribution in [0, 0.1) is 0 Å². The summed E-state index contributed by atoms with van der Waals surface area (Å²) in [6.07, 6.45) is 0.677. The van der Waals surface area contributed by atoms with Crippen molar-refractivity contribution in [3.8, 4) is 0 Å². The lowest BCUT2D eigenvalue weighted by atomic mass is 10.3. The fourth-order valence-electron chi connectivity index (χ4n) is 1.91. The molecule has 18 heavy (non-hydrogen) atoms. The lowest BCUT2D eigenvalue weighted by Crippen LogP contribution is -2.44. The van der Waals surface area contributed by atoms with Gasteiger partial charge in [-0.3, -0.25) is 0 Å². The van der Waals surface area contributed by atoms with Gasteiger partial charge in [0, 0.05) is 18.0 Å². The first-order chi connectivity index (χ1) is 8.54. The van der Waals surface area contributed by atoms with Gasteiger partial charge < -0.3 is 10.5 Å². The zero-order valence-corrected chi connectivity index (χ0v) is 12.0. The van der Waals surface area contributed by atoms with Gasteiger partial charge in [0.2, 0.25) is 0 Å². The Kier molecular flexibility index (Phi) is 4.39. The van der Waals surface area contributed by atoms with Gasteiger partial charge in [0.1, 0.15) is 4.21 Å². The Morgan fingerprint density at radius 3 is 3.00 bits per heavy atom. The highest BCUT2D eigenvalue weighted by atomic mass is 32.2. The molecule has 7 heteroatoms. The van der Waals surface area contributed by atoms with Crippen molar-refractivity contribution in [3.63, 3.8) is 0 Å². The van der Waals surface area contributed by atoms with Crippen LogP contribution in [-0.2, 0) is 21.2 Å². The summed E-state index contributed by atoms with van der Waals surface area (Å²) < 4.78 is 32.1. The first-order valence-electron chi connectivity index (χ1n) is 5.94. The van der Waals surface area contributed by atoms with E-state index in [1.807, 2.05) is 13.0 Å². The summed E-state index contributed by atoms with van der Waals surface area (Å²) in [5.41, 5.74) is 5.47. The maximum atomic E-state index is 12.4. The lowest BCUT2D eigenvalue weighted by Gasteiger charge is -2.29. The maximum Gasteiger partial charge on any atom is 0.252 e. The van der Waals surface area contributed by atoms with E-state index in [2.05, 4.69) is 0 Å². The molecule has 0 bridgehead atoms. The van der Waals surface area contributed by atoms with Gasteiger partial charge in [-0.1, -0.05) is 0 Å². The Bertz CT molecular complexity index is 498. The lowest BCUT2D eigenvalue weighted by molar-refractivity contribution is 0.0102. The van der Waals surface area contributed by atoms with Crippen LogP contribution in [0.2, 0.25) is 0 Å². The van der Waals surface area contributed by atoms with Crippen LogP contribution in [0.5, 0.6) is 0 Å². The Balaban J connectivity index is 2.18. The molecule has 0 radical (unpaired) electrons. The molecule has 0 amide bonds. The molecule has 102 valence electrons. The third-order valence-electron chi connectivity index (χ3n) is 2.83. The molecule has 1 fully saturated rings. The zero-order valence-electron chi connectivity index (χ0n) is 10.3. The molecule has 1 saturated heterocycles. The summed E-state index contributed by atoms with van der Waals surface area (Å²) in [4.78, 5) is 1.01. The van der Waals surface area contributed by atoms with Crippen molar-refractivity contribution >= 4 is 21.4 Å². The fourth-order valence-corrected chi connectivity index (χ4v) is 4.93. The van der Waals surface area contributed by atoms with Crippen molar-refractivity contribution in [2.45, 2.75) is 23.7 Å². The summed E-state index contributed by atoms with van der Waals surface area (Å²) in [5, 5.41) is 0. The Morgan fingerprint density at radius 2 is 2.33 bits per heavy atom. The molecule has 2 heterocycles. The first-order valence-corrected chi connectivity index (χ1v) is 8.20. The molecule has 2 rings (SSSR count). The topological polar surface area (TPSA) is 72.6 Å². The summed E-state index contributed by atoms with van der Waals surface area (Å²) in [5.74, 6) is 0. The van der Waals surface area contributed by atoms with Crippen molar-refractivity contribution < 1.29 is 13.2 Å². The van der Waals surface area contributed by atoms with Gasteiger partial charge in [0.15, 0.2) is 0 Å². The minimum absolute atomic E-state index is 0.0444. The molecule has 5 nitrogen and oxygen atoms in total. The maximum absolute atomic E-state index is 12.4. The predicted octanol–water partition coefficient (Wildman–Crippen LogP) is 0.659. The highest BCUT2D eigenvalue weighted by molar-refractivity contribution is 7.91. The molecular formula is C11H18N2O3S2. The third-order valence-corrected chi connectivity index (χ3v) is 6.30. The minimum Gasteiger partial charge on any atom is -0.376 e. The highest BCUT2D eigenvalue weighted by Crippen LogP contribution is 2.26. The molecule has 1 aliphatic rings. The SMILES string of the molecule is CC1CN(S(=O)(=O)c2ccc(CCN)s2)CCO1. The van der Waals surface area contributed by atoms with Crippen LogP contribution in [0.4, 0.5) is 0 Å². The van der Waals surface area contributed by atoms with E-state index in [4.69, 9.17) is 10.5 Å². The Hall–Kier alpha value is -0.470. The quantitative estimate of drug-likeness (QED) is 0.884. The molecule has 1 aliphatic heterocycles. The molecule has 1 atom stereocenters. The molecule has 0 aromatic carbocycles. The van der Waals surface area contributed by atoms with E-state index in [0.29, 0.717) is 30.5 Å². The van der Waals surface area contributed by atoms with Crippen molar-refractivity contribution in [3.05, 3.63) is 17.0 Å². The van der Waals surface area contributed by atoms with Crippen molar-refractivity contribution in [2.75, 3.05) is 26.2 Å². The van der Waals surface area contributed by atoms with Crippen LogP contribution in [0.25, 0.3) is 0 Å². The highest BCUT2D eigenvalue weighted by Gasteiger charge is 2.30. The second-order valence-corrected chi connectivity index (χ2v) is 7.64. The number of sulfonamides is 1. The van der Waals surface area contributed by atoms with Gasteiger partial charge in [-0.2, -0.15) is 4.31 Å². The van der Waals surface area contributed by atoms with E-state index >= 15 is 0 Å². The predicted molar refractivity (Wildman–Crippen MR) is 71.3 cm³/mol. The van der Waals surface area contributed by atoms with E-state index in [-0.39, 0.29) is 6.10 Å². The van der Waals surface area contributed by atoms with Crippen LogP contribution in [0.15, 0.2) is 16.3 Å². The van der Waals surface area contributed by atoms with Crippen LogP contribution in [-0.4, -0.2) is 45.1 Å². The number of hydrogen-bond acceptors (Lipinski definition) is 5.